The van der Waals surface area contributed by atoms with Gasteiger partial charge in [0.25, 0.3) is 0 Å². The van der Waals surface area contributed by atoms with Gasteiger partial charge in [0, 0.05) is 26.6 Å². The first-order valence-corrected chi connectivity index (χ1v) is 7.30. The lowest BCUT2D eigenvalue weighted by molar-refractivity contribution is -0.143. The monoisotopic (exact) mass is 386 g/mol. The van der Waals surface area contributed by atoms with Crippen molar-refractivity contribution >= 4 is 12.0 Å². The number of aliphatic carboxylic acids is 1. The summed E-state index contributed by atoms with van der Waals surface area (Å²) in [5.41, 5.74) is -3.26. The van der Waals surface area contributed by atoms with Gasteiger partial charge >= 0.3 is 24.4 Å². The first kappa shape index (κ1) is 21.6. The van der Waals surface area contributed by atoms with Crippen LogP contribution in [0.2, 0.25) is 0 Å². The number of nitrogens with zero attached hydrogens (tertiary/aromatic N) is 1. The van der Waals surface area contributed by atoms with Gasteiger partial charge in [0.05, 0.1) is 11.1 Å². The SMILES string of the molecule is CN(Cc1cc(C(F)(F)F)cc(C(F)(F)F)c1)C(=O)NCCCC(=O)O. The molecule has 0 heterocycles. The number of halogens is 6. The molecule has 1 rings (SSSR count). The highest BCUT2D eigenvalue weighted by atomic mass is 19.4. The lowest BCUT2D eigenvalue weighted by atomic mass is 10.0. The quantitative estimate of drug-likeness (QED) is 0.578. The van der Waals surface area contributed by atoms with E-state index in [9.17, 15) is 35.9 Å². The number of carbonyl (C=O) groups excluding carboxylic acids is 1. The first-order valence-electron chi connectivity index (χ1n) is 7.30. The summed E-state index contributed by atoms with van der Waals surface area (Å²) in [5.74, 6) is -1.06. The molecule has 0 fully saturated rings. The van der Waals surface area contributed by atoms with Crippen molar-refractivity contribution in [1.29, 1.82) is 0 Å². The lowest BCUT2D eigenvalue weighted by Crippen LogP contribution is -2.37. The Labute approximate surface area is 144 Å². The second-order valence-electron chi connectivity index (χ2n) is 5.50. The fourth-order valence-corrected chi connectivity index (χ4v) is 2.03. The molecule has 5 nitrogen and oxygen atoms in total. The largest absolute Gasteiger partial charge is 0.481 e. The molecule has 1 aromatic carbocycles. The van der Waals surface area contributed by atoms with Gasteiger partial charge in [0.1, 0.15) is 0 Å². The third kappa shape index (κ3) is 6.81. The number of urea groups is 1. The van der Waals surface area contributed by atoms with Gasteiger partial charge < -0.3 is 15.3 Å². The van der Waals surface area contributed by atoms with Crippen molar-refractivity contribution in [3.8, 4) is 0 Å². The van der Waals surface area contributed by atoms with E-state index in [1.165, 1.54) is 7.05 Å². The van der Waals surface area contributed by atoms with Crippen LogP contribution in [-0.4, -0.2) is 35.6 Å². The van der Waals surface area contributed by atoms with E-state index in [0.29, 0.717) is 12.1 Å². The molecule has 0 radical (unpaired) electrons. The molecular weight excluding hydrogens is 370 g/mol. The molecule has 146 valence electrons. The molecule has 0 spiro atoms. The number of nitrogens with one attached hydrogen (secondary N) is 1. The van der Waals surface area contributed by atoms with Crippen molar-refractivity contribution in [1.82, 2.24) is 10.2 Å². The van der Waals surface area contributed by atoms with Crippen LogP contribution in [0.3, 0.4) is 0 Å². The van der Waals surface area contributed by atoms with Gasteiger partial charge in [-0.05, 0) is 30.2 Å². The summed E-state index contributed by atoms with van der Waals surface area (Å²) in [7, 11) is 1.19. The zero-order valence-corrected chi connectivity index (χ0v) is 13.5. The lowest BCUT2D eigenvalue weighted by Gasteiger charge is -2.20. The maximum atomic E-state index is 12.8. The maximum Gasteiger partial charge on any atom is 0.416 e. The van der Waals surface area contributed by atoms with Gasteiger partial charge in [-0.2, -0.15) is 26.3 Å². The van der Waals surface area contributed by atoms with E-state index in [2.05, 4.69) is 5.32 Å². The second-order valence-corrected chi connectivity index (χ2v) is 5.50. The minimum atomic E-state index is -4.96. The van der Waals surface area contributed by atoms with Crippen molar-refractivity contribution in [2.75, 3.05) is 13.6 Å². The van der Waals surface area contributed by atoms with E-state index >= 15 is 0 Å². The van der Waals surface area contributed by atoms with E-state index in [4.69, 9.17) is 5.11 Å². The third-order valence-corrected chi connectivity index (χ3v) is 3.26. The number of hydrogen-bond acceptors (Lipinski definition) is 2. The Morgan fingerprint density at radius 1 is 1.04 bits per heavy atom. The minimum Gasteiger partial charge on any atom is -0.481 e. The molecule has 2 amide bonds. The molecule has 0 atom stereocenters. The molecule has 0 aliphatic carbocycles. The highest BCUT2D eigenvalue weighted by molar-refractivity contribution is 5.74. The Hall–Kier alpha value is -2.46. The number of carbonyl (C=O) groups is 2. The Kier molecular flexibility index (Phi) is 6.87. The molecule has 11 heteroatoms. The van der Waals surface area contributed by atoms with E-state index in [1.54, 1.807) is 0 Å². The fourth-order valence-electron chi connectivity index (χ4n) is 2.03. The van der Waals surface area contributed by atoms with Crippen molar-refractivity contribution in [2.45, 2.75) is 31.7 Å². The van der Waals surface area contributed by atoms with Crippen LogP contribution in [0.1, 0.15) is 29.5 Å². The van der Waals surface area contributed by atoms with Crippen LogP contribution in [0.25, 0.3) is 0 Å². The summed E-state index contributed by atoms with van der Waals surface area (Å²) in [4.78, 5) is 23.0. The van der Waals surface area contributed by atoms with Crippen LogP contribution in [0.4, 0.5) is 31.1 Å². The molecular formula is C15H16F6N2O3. The highest BCUT2D eigenvalue weighted by Crippen LogP contribution is 2.36. The maximum absolute atomic E-state index is 12.8. The van der Waals surface area contributed by atoms with Crippen LogP contribution in [-0.2, 0) is 23.7 Å². The number of carboxylic acids is 1. The third-order valence-electron chi connectivity index (χ3n) is 3.26. The molecule has 0 saturated carbocycles. The standard InChI is InChI=1S/C15H16F6N2O3/c1-23(13(26)22-4-2-3-12(24)25)8-9-5-10(14(16,17)18)7-11(6-9)15(19,20)21/h5-7H,2-4,8H2,1H3,(H,22,26)(H,24,25). The van der Waals surface area contributed by atoms with Gasteiger partial charge in [-0.15, -0.1) is 0 Å². The predicted molar refractivity (Wildman–Crippen MR) is 78.2 cm³/mol. The normalized spacial score (nSPS) is 12.0. The van der Waals surface area contributed by atoms with Crippen LogP contribution < -0.4 is 5.32 Å². The predicted octanol–water partition coefficient (Wildman–Crippen LogP) is 3.73. The van der Waals surface area contributed by atoms with Crippen molar-refractivity contribution in [2.24, 2.45) is 0 Å². The van der Waals surface area contributed by atoms with Crippen LogP contribution in [0, 0.1) is 0 Å². The molecule has 0 aliphatic rings. The van der Waals surface area contributed by atoms with Crippen molar-refractivity contribution < 1.29 is 41.0 Å². The Balaban J connectivity index is 2.87. The molecule has 0 saturated heterocycles. The van der Waals surface area contributed by atoms with Crippen LogP contribution in [0.5, 0.6) is 0 Å². The molecule has 1 aromatic rings. The Bertz CT molecular complexity index is 626. The van der Waals surface area contributed by atoms with Gasteiger partial charge in [0.15, 0.2) is 0 Å². The summed E-state index contributed by atoms with van der Waals surface area (Å²) >= 11 is 0. The van der Waals surface area contributed by atoms with E-state index in [0.717, 1.165) is 4.90 Å². The summed E-state index contributed by atoms with van der Waals surface area (Å²) in [6.45, 7) is -0.483. The number of benzene rings is 1. The van der Waals surface area contributed by atoms with Crippen LogP contribution in [0.15, 0.2) is 18.2 Å². The first-order chi connectivity index (χ1) is 11.8. The topological polar surface area (TPSA) is 69.6 Å². The van der Waals surface area contributed by atoms with E-state index in [-0.39, 0.29) is 31.0 Å². The van der Waals surface area contributed by atoms with Gasteiger partial charge in [0.2, 0.25) is 0 Å². The van der Waals surface area contributed by atoms with Gasteiger partial charge in [-0.3, -0.25) is 4.79 Å². The number of carboxylic acid groups (broad SMARTS) is 1. The zero-order valence-electron chi connectivity index (χ0n) is 13.5. The smallest absolute Gasteiger partial charge is 0.416 e. The second kappa shape index (κ2) is 8.28. The Morgan fingerprint density at radius 3 is 1.96 bits per heavy atom. The number of alkyl halides is 6. The number of hydrogen-bond donors (Lipinski definition) is 2. The molecule has 0 bridgehead atoms. The fraction of sp³-hybridized carbons (Fsp3) is 0.467. The molecule has 0 aromatic heterocycles. The van der Waals surface area contributed by atoms with Gasteiger partial charge in [-0.1, -0.05) is 0 Å². The van der Waals surface area contributed by atoms with Crippen molar-refractivity contribution in [3.05, 3.63) is 34.9 Å². The average Bonchev–Trinajstić information content (AvgIpc) is 2.49. The number of amides is 2. The molecule has 26 heavy (non-hydrogen) atoms. The molecule has 0 aliphatic heterocycles. The van der Waals surface area contributed by atoms with Gasteiger partial charge in [-0.25, -0.2) is 4.79 Å². The molecule has 0 unspecified atom stereocenters. The summed E-state index contributed by atoms with van der Waals surface area (Å²) < 4.78 is 76.8. The Morgan fingerprint density at radius 2 is 1.54 bits per heavy atom. The van der Waals surface area contributed by atoms with Crippen molar-refractivity contribution in [3.63, 3.8) is 0 Å². The number of rotatable bonds is 6. The van der Waals surface area contributed by atoms with E-state index in [1.807, 2.05) is 0 Å². The highest BCUT2D eigenvalue weighted by Gasteiger charge is 2.37. The zero-order chi connectivity index (χ0) is 20.1. The minimum absolute atomic E-state index is 0.00582. The summed E-state index contributed by atoms with van der Waals surface area (Å²) in [6, 6.07) is 0.351. The molecule has 2 N–H and O–H groups in total. The summed E-state index contributed by atoms with van der Waals surface area (Å²) in [6.07, 6.45) is -9.98. The summed E-state index contributed by atoms with van der Waals surface area (Å²) in [5, 5.41) is 10.8. The average molecular weight is 386 g/mol. The van der Waals surface area contributed by atoms with Crippen LogP contribution >= 0.6 is 0 Å². The van der Waals surface area contributed by atoms with E-state index < -0.39 is 42.0 Å².